The van der Waals surface area contributed by atoms with Crippen LogP contribution in [0.4, 0.5) is 5.69 Å². The molecule has 7 nitrogen and oxygen atoms in total. The van der Waals surface area contributed by atoms with Crippen LogP contribution >= 0.6 is 0 Å². The van der Waals surface area contributed by atoms with Crippen molar-refractivity contribution in [2.75, 3.05) is 18.6 Å². The van der Waals surface area contributed by atoms with E-state index in [1.54, 1.807) is 25.2 Å². The van der Waals surface area contributed by atoms with E-state index >= 15 is 0 Å². The van der Waals surface area contributed by atoms with Crippen LogP contribution in [0.25, 0.3) is 0 Å². The Morgan fingerprint density at radius 1 is 1.47 bits per heavy atom. The van der Waals surface area contributed by atoms with Gasteiger partial charge in [0.2, 0.25) is 0 Å². The van der Waals surface area contributed by atoms with Crippen molar-refractivity contribution in [2.24, 2.45) is 11.5 Å². The minimum atomic E-state index is -1.21. The molecule has 1 aromatic rings. The van der Waals surface area contributed by atoms with Crippen LogP contribution in [0.3, 0.4) is 0 Å². The molecule has 19 heavy (non-hydrogen) atoms. The van der Waals surface area contributed by atoms with Crippen molar-refractivity contribution in [1.82, 2.24) is 0 Å². The normalized spacial score (nSPS) is 17.4. The highest BCUT2D eigenvalue weighted by Gasteiger charge is 2.26. The number of fused-ring (bicyclic) bond motifs is 1. The monoisotopic (exact) mass is 265 g/mol. The quantitative estimate of drug-likeness (QED) is 0.675. The third kappa shape index (κ3) is 2.38. The summed E-state index contributed by atoms with van der Waals surface area (Å²) in [5.74, 6) is -0.798. The fraction of sp³-hybridized carbons (Fsp3) is 0.333. The van der Waals surface area contributed by atoms with Gasteiger partial charge >= 0.3 is 5.97 Å². The summed E-state index contributed by atoms with van der Waals surface area (Å²) >= 11 is 0. The van der Waals surface area contributed by atoms with Gasteiger partial charge in [-0.15, -0.1) is 0 Å². The zero-order valence-electron chi connectivity index (χ0n) is 10.4. The van der Waals surface area contributed by atoms with Gasteiger partial charge in [0.15, 0.2) is 6.61 Å². The molecule has 1 aliphatic rings. The van der Waals surface area contributed by atoms with E-state index in [9.17, 15) is 9.59 Å². The van der Waals surface area contributed by atoms with Gasteiger partial charge in [-0.25, -0.2) is 0 Å². The molecule has 1 heterocycles. The molecule has 5 N–H and O–H groups in total. The lowest BCUT2D eigenvalue weighted by atomic mass is 9.99. The van der Waals surface area contributed by atoms with Crippen molar-refractivity contribution in [2.45, 2.75) is 12.1 Å². The van der Waals surface area contributed by atoms with Gasteiger partial charge in [0.1, 0.15) is 11.8 Å². The van der Waals surface area contributed by atoms with E-state index in [1.807, 2.05) is 0 Å². The number of anilines is 1. The molecule has 0 saturated heterocycles. The molecule has 102 valence electrons. The Labute approximate surface area is 109 Å². The topological polar surface area (TPSA) is 119 Å². The molecule has 0 aromatic heterocycles. The second-order valence-electron chi connectivity index (χ2n) is 4.36. The van der Waals surface area contributed by atoms with Crippen LogP contribution in [0, 0.1) is 0 Å². The van der Waals surface area contributed by atoms with Crippen LogP contribution < -0.4 is 21.1 Å². The number of carbonyl (C=O) groups excluding carboxylic acids is 1. The summed E-state index contributed by atoms with van der Waals surface area (Å²) in [4.78, 5) is 23.8. The van der Waals surface area contributed by atoms with Gasteiger partial charge in [0.25, 0.3) is 5.91 Å². The summed E-state index contributed by atoms with van der Waals surface area (Å²) in [7, 11) is 1.62. The van der Waals surface area contributed by atoms with Gasteiger partial charge in [-0.1, -0.05) is 6.07 Å². The highest BCUT2D eigenvalue weighted by molar-refractivity contribution is 5.97. The molecule has 1 aliphatic heterocycles. The maximum atomic E-state index is 11.5. The van der Waals surface area contributed by atoms with Crippen LogP contribution in [0.15, 0.2) is 18.2 Å². The SMILES string of the molecule is CN1C(=O)COc2ccc(C(N)C(N)C(=O)O)cc21. The number of nitrogens with two attached hydrogens (primary N) is 2. The summed E-state index contributed by atoms with van der Waals surface area (Å²) in [6.45, 7) is -0.0104. The second kappa shape index (κ2) is 4.87. The molecule has 2 unspecified atom stereocenters. The van der Waals surface area contributed by atoms with Crippen molar-refractivity contribution < 1.29 is 19.4 Å². The van der Waals surface area contributed by atoms with Crippen molar-refractivity contribution in [3.63, 3.8) is 0 Å². The molecule has 0 radical (unpaired) electrons. The van der Waals surface area contributed by atoms with Gasteiger partial charge in [-0.2, -0.15) is 0 Å². The van der Waals surface area contributed by atoms with Crippen LogP contribution in [0.1, 0.15) is 11.6 Å². The molecule has 2 rings (SSSR count). The molecule has 7 heteroatoms. The van der Waals surface area contributed by atoms with E-state index in [2.05, 4.69) is 0 Å². The molecule has 0 bridgehead atoms. The number of carboxylic acid groups (broad SMARTS) is 1. The number of hydrogen-bond donors (Lipinski definition) is 3. The molecule has 0 saturated carbocycles. The van der Waals surface area contributed by atoms with Crippen molar-refractivity contribution in [1.29, 1.82) is 0 Å². The molecule has 0 fully saturated rings. The Bertz CT molecular complexity index is 532. The van der Waals surface area contributed by atoms with Gasteiger partial charge in [0, 0.05) is 7.05 Å². The van der Waals surface area contributed by atoms with E-state index in [4.69, 9.17) is 21.3 Å². The first kappa shape index (κ1) is 13.3. The number of ether oxygens (including phenoxy) is 1. The second-order valence-corrected chi connectivity index (χ2v) is 4.36. The fourth-order valence-electron chi connectivity index (χ4n) is 1.86. The third-order valence-electron chi connectivity index (χ3n) is 3.13. The minimum absolute atomic E-state index is 0.0104. The molecule has 1 aromatic carbocycles. The van der Waals surface area contributed by atoms with Crippen molar-refractivity contribution >= 4 is 17.6 Å². The number of carboxylic acids is 1. The number of amides is 1. The summed E-state index contributed by atoms with van der Waals surface area (Å²) in [6.07, 6.45) is 0. The lowest BCUT2D eigenvalue weighted by Gasteiger charge is -2.27. The molecule has 2 atom stereocenters. The van der Waals surface area contributed by atoms with E-state index in [0.29, 0.717) is 17.0 Å². The zero-order chi connectivity index (χ0) is 14.2. The number of hydrogen-bond acceptors (Lipinski definition) is 5. The summed E-state index contributed by atoms with van der Waals surface area (Å²) in [5, 5.41) is 8.85. The number of nitrogens with zero attached hydrogens (tertiary/aromatic N) is 1. The van der Waals surface area contributed by atoms with Gasteiger partial charge in [-0.3, -0.25) is 9.59 Å². The maximum absolute atomic E-state index is 11.5. The standard InChI is InChI=1S/C12H15N3O4/c1-15-7-4-6(10(13)11(14)12(17)18)2-3-8(7)19-5-9(15)16/h2-4,10-11H,5,13-14H2,1H3,(H,17,18). The third-order valence-corrected chi connectivity index (χ3v) is 3.13. The van der Waals surface area contributed by atoms with E-state index in [-0.39, 0.29) is 12.5 Å². The first-order chi connectivity index (χ1) is 8.91. The van der Waals surface area contributed by atoms with Crippen LogP contribution in [-0.4, -0.2) is 36.7 Å². The van der Waals surface area contributed by atoms with E-state index in [0.717, 1.165) is 0 Å². The van der Waals surface area contributed by atoms with Crippen LogP contribution in [0.2, 0.25) is 0 Å². The Balaban J connectivity index is 2.35. The summed E-state index contributed by atoms with van der Waals surface area (Å²) in [6, 6.07) is 2.87. The van der Waals surface area contributed by atoms with Gasteiger partial charge in [0.05, 0.1) is 11.7 Å². The Kier molecular flexibility index (Phi) is 3.41. The molecular weight excluding hydrogens is 250 g/mol. The van der Waals surface area contributed by atoms with Crippen LogP contribution in [-0.2, 0) is 9.59 Å². The number of rotatable bonds is 3. The number of carbonyl (C=O) groups is 2. The number of aliphatic carboxylic acids is 1. The largest absolute Gasteiger partial charge is 0.482 e. The smallest absolute Gasteiger partial charge is 0.322 e. The zero-order valence-corrected chi connectivity index (χ0v) is 10.4. The molecule has 0 spiro atoms. The highest BCUT2D eigenvalue weighted by Crippen LogP contribution is 2.33. The lowest BCUT2D eigenvalue weighted by molar-refractivity contribution is -0.139. The average Bonchev–Trinajstić information content (AvgIpc) is 2.41. The minimum Gasteiger partial charge on any atom is -0.482 e. The number of benzene rings is 1. The molecule has 0 aliphatic carbocycles. The summed E-state index contributed by atoms with van der Waals surface area (Å²) in [5.41, 5.74) is 12.4. The van der Waals surface area contributed by atoms with E-state index in [1.165, 1.54) is 4.90 Å². The molecular formula is C12H15N3O4. The van der Waals surface area contributed by atoms with Gasteiger partial charge < -0.3 is 26.2 Å². The maximum Gasteiger partial charge on any atom is 0.322 e. The Hall–Kier alpha value is -2.12. The first-order valence-electron chi connectivity index (χ1n) is 5.69. The summed E-state index contributed by atoms with van der Waals surface area (Å²) < 4.78 is 5.27. The first-order valence-corrected chi connectivity index (χ1v) is 5.69. The highest BCUT2D eigenvalue weighted by atomic mass is 16.5. The number of likely N-dealkylation sites (N-methyl/N-ethyl adjacent to an activating group) is 1. The predicted octanol–water partition coefficient (Wildman–Crippen LogP) is -0.546. The van der Waals surface area contributed by atoms with Crippen molar-refractivity contribution in [3.05, 3.63) is 23.8 Å². The van der Waals surface area contributed by atoms with Crippen molar-refractivity contribution in [3.8, 4) is 5.75 Å². The Morgan fingerprint density at radius 2 is 2.16 bits per heavy atom. The van der Waals surface area contributed by atoms with E-state index < -0.39 is 18.1 Å². The van der Waals surface area contributed by atoms with Crippen LogP contribution in [0.5, 0.6) is 5.75 Å². The average molecular weight is 265 g/mol. The van der Waals surface area contributed by atoms with Gasteiger partial charge in [-0.05, 0) is 17.7 Å². The predicted molar refractivity (Wildman–Crippen MR) is 67.9 cm³/mol. The fourth-order valence-corrected chi connectivity index (χ4v) is 1.86. The lowest BCUT2D eigenvalue weighted by Crippen LogP contribution is -2.41. The Morgan fingerprint density at radius 3 is 2.79 bits per heavy atom. The molecule has 1 amide bonds.